The van der Waals surface area contributed by atoms with Gasteiger partial charge in [-0.15, -0.1) is 0 Å². The lowest BCUT2D eigenvalue weighted by atomic mass is 9.89. The molecule has 38 heavy (non-hydrogen) atoms. The zero-order chi connectivity index (χ0) is 27.1. The van der Waals surface area contributed by atoms with E-state index in [2.05, 4.69) is 20.6 Å². The Balaban J connectivity index is 0.00000280. The number of benzene rings is 1. The number of cyclic esters (lactones) is 1. The van der Waals surface area contributed by atoms with Crippen LogP contribution in [0.4, 0.5) is 29.6 Å². The molecule has 14 heteroatoms. The van der Waals surface area contributed by atoms with Gasteiger partial charge < -0.3 is 15.0 Å². The Morgan fingerprint density at radius 2 is 1.97 bits per heavy atom. The van der Waals surface area contributed by atoms with Gasteiger partial charge in [-0.3, -0.25) is 19.7 Å². The Kier molecular flexibility index (Phi) is 8.94. The summed E-state index contributed by atoms with van der Waals surface area (Å²) in [5, 5.41) is 5.74. The molecule has 11 nitrogen and oxygen atoms in total. The second-order valence-electron chi connectivity index (χ2n) is 8.88. The Bertz CT molecular complexity index is 1150. The van der Waals surface area contributed by atoms with Gasteiger partial charge in [-0.2, -0.15) is 8.78 Å². The van der Waals surface area contributed by atoms with Gasteiger partial charge in [-0.25, -0.2) is 24.2 Å². The van der Waals surface area contributed by atoms with Crippen LogP contribution in [0.1, 0.15) is 21.3 Å². The van der Waals surface area contributed by atoms with Gasteiger partial charge in [0.05, 0.1) is 25.4 Å². The van der Waals surface area contributed by atoms with Gasteiger partial charge >= 0.3 is 18.4 Å². The van der Waals surface area contributed by atoms with E-state index in [0.717, 1.165) is 5.06 Å². The smallest absolute Gasteiger partial charge is 0.348 e. The van der Waals surface area contributed by atoms with E-state index in [9.17, 15) is 23.2 Å². The summed E-state index contributed by atoms with van der Waals surface area (Å²) >= 11 is 0. The second kappa shape index (κ2) is 12.5. The molecule has 4 rings (SSSR count). The maximum absolute atomic E-state index is 15.1. The van der Waals surface area contributed by atoms with E-state index in [-0.39, 0.29) is 40.8 Å². The van der Waals surface area contributed by atoms with Gasteiger partial charge in [0.2, 0.25) is 5.95 Å². The molecule has 2 saturated heterocycles. The number of anilines is 2. The summed E-state index contributed by atoms with van der Waals surface area (Å²) in [6.45, 7) is 0.788. The third-order valence-corrected chi connectivity index (χ3v) is 6.12. The van der Waals surface area contributed by atoms with Crippen molar-refractivity contribution < 1.29 is 40.0 Å². The van der Waals surface area contributed by atoms with E-state index in [1.165, 1.54) is 18.5 Å². The fourth-order valence-electron chi connectivity index (χ4n) is 4.38. The lowest BCUT2D eigenvalue weighted by molar-refractivity contribution is -0.157. The van der Waals surface area contributed by atoms with Crippen molar-refractivity contribution >= 4 is 29.5 Å². The number of amides is 3. The number of nitrogens with one attached hydrogen (secondary N) is 2. The molecular weight excluding hydrogens is 509 g/mol. The fraction of sp³-hybridized carbons (Fsp3) is 0.458. The maximum atomic E-state index is 15.1. The number of carbonyl (C=O) groups excluding carboxylic acids is 3. The molecule has 2 fully saturated rings. The van der Waals surface area contributed by atoms with Crippen molar-refractivity contribution in [2.24, 2.45) is 5.92 Å². The Morgan fingerprint density at radius 1 is 1.18 bits per heavy atom. The van der Waals surface area contributed by atoms with Crippen LogP contribution in [0.3, 0.4) is 0 Å². The molecule has 0 spiro atoms. The lowest BCUT2D eigenvalue weighted by Gasteiger charge is -2.29. The van der Waals surface area contributed by atoms with Crippen LogP contribution in [0.2, 0.25) is 0 Å². The van der Waals surface area contributed by atoms with Crippen LogP contribution in [0.25, 0.3) is 0 Å². The number of alkyl halides is 2. The monoisotopic (exact) mass is 540 g/mol. The van der Waals surface area contributed by atoms with E-state index in [0.29, 0.717) is 37.2 Å². The summed E-state index contributed by atoms with van der Waals surface area (Å²) in [5.41, 5.74) is 1.01. The Morgan fingerprint density at radius 3 is 2.71 bits per heavy atom. The highest BCUT2D eigenvalue weighted by molar-refractivity contribution is 5.86. The van der Waals surface area contributed by atoms with Crippen molar-refractivity contribution in [2.75, 3.05) is 43.0 Å². The van der Waals surface area contributed by atoms with Gasteiger partial charge in [-0.05, 0) is 42.5 Å². The average Bonchev–Trinajstić information content (AvgIpc) is 3.14. The molecule has 3 amide bonds. The first kappa shape index (κ1) is 27.1. The number of hydrogen-bond acceptors (Lipinski definition) is 8. The van der Waals surface area contributed by atoms with Crippen molar-refractivity contribution in [3.05, 3.63) is 48.0 Å². The van der Waals surface area contributed by atoms with Crippen LogP contribution < -0.4 is 15.5 Å². The maximum Gasteiger partial charge on any atom is 0.348 e. The highest BCUT2D eigenvalue weighted by atomic mass is 19.3. The van der Waals surface area contributed by atoms with Crippen LogP contribution in [-0.4, -0.2) is 78.3 Å². The molecule has 2 aliphatic rings. The molecule has 0 saturated carbocycles. The SMILES string of the molecule is O=C1CC(Cc2ccc(N3CCON(C(=O)Nc4ncccn4)CC3)c(F)c2)C[C@H](CNC(=O)C(F)F)O1.[HH].[HH]. The first-order valence-corrected chi connectivity index (χ1v) is 12.1. The molecule has 0 aliphatic carbocycles. The summed E-state index contributed by atoms with van der Waals surface area (Å²) in [5.74, 6) is -2.43. The predicted octanol–water partition coefficient (Wildman–Crippen LogP) is 2.64. The molecular formula is C24H31F3N6O5. The summed E-state index contributed by atoms with van der Waals surface area (Å²) in [6, 6.07) is 5.88. The van der Waals surface area contributed by atoms with Crippen molar-refractivity contribution in [2.45, 2.75) is 31.8 Å². The molecule has 2 N–H and O–H groups in total. The number of aromatic nitrogens is 2. The highest BCUT2D eigenvalue weighted by Gasteiger charge is 2.30. The van der Waals surface area contributed by atoms with Crippen LogP contribution in [0.5, 0.6) is 0 Å². The third kappa shape index (κ3) is 7.31. The number of urea groups is 1. The van der Waals surface area contributed by atoms with Gasteiger partial charge in [0.25, 0.3) is 5.91 Å². The number of carbonyl (C=O) groups is 3. The molecule has 2 aliphatic heterocycles. The van der Waals surface area contributed by atoms with Gasteiger partial charge in [0, 0.05) is 34.8 Å². The molecule has 2 aromatic rings. The molecule has 2 atom stereocenters. The van der Waals surface area contributed by atoms with Crippen LogP contribution in [-0.2, 0) is 25.6 Å². The van der Waals surface area contributed by atoms with Crippen molar-refractivity contribution in [3.8, 4) is 0 Å². The molecule has 1 aromatic carbocycles. The summed E-state index contributed by atoms with van der Waals surface area (Å²) in [7, 11) is 0. The first-order chi connectivity index (χ1) is 18.3. The zero-order valence-electron chi connectivity index (χ0n) is 20.3. The van der Waals surface area contributed by atoms with Crippen LogP contribution in [0, 0.1) is 11.7 Å². The van der Waals surface area contributed by atoms with Crippen molar-refractivity contribution in [1.82, 2.24) is 20.3 Å². The predicted molar refractivity (Wildman–Crippen MR) is 132 cm³/mol. The fourth-order valence-corrected chi connectivity index (χ4v) is 4.38. The number of esters is 1. The molecule has 1 aromatic heterocycles. The second-order valence-corrected chi connectivity index (χ2v) is 8.88. The van der Waals surface area contributed by atoms with E-state index in [1.54, 1.807) is 23.1 Å². The number of nitrogens with zero attached hydrogens (tertiary/aromatic N) is 4. The topological polar surface area (TPSA) is 126 Å². The van der Waals surface area contributed by atoms with E-state index in [4.69, 9.17) is 9.57 Å². The molecule has 208 valence electrons. The minimum Gasteiger partial charge on any atom is -0.460 e. The van der Waals surface area contributed by atoms with E-state index in [1.807, 2.05) is 0 Å². The van der Waals surface area contributed by atoms with E-state index < -0.39 is 36.3 Å². The molecule has 0 radical (unpaired) electrons. The summed E-state index contributed by atoms with van der Waals surface area (Å²) in [4.78, 5) is 50.7. The zero-order valence-corrected chi connectivity index (χ0v) is 20.3. The quantitative estimate of drug-likeness (QED) is 0.514. The largest absolute Gasteiger partial charge is 0.460 e. The first-order valence-electron chi connectivity index (χ1n) is 12.1. The highest BCUT2D eigenvalue weighted by Crippen LogP contribution is 2.28. The Labute approximate surface area is 219 Å². The molecule has 3 heterocycles. The van der Waals surface area contributed by atoms with Crippen molar-refractivity contribution in [1.29, 1.82) is 0 Å². The number of rotatable bonds is 7. The number of ether oxygens (including phenoxy) is 1. The summed E-state index contributed by atoms with van der Waals surface area (Å²) < 4.78 is 45.0. The lowest BCUT2D eigenvalue weighted by Crippen LogP contribution is -2.41. The number of hydrogen-bond donors (Lipinski definition) is 2. The Hall–Kier alpha value is -3.94. The minimum absolute atomic E-state index is 0. The molecule has 1 unspecified atom stereocenters. The number of halogens is 3. The van der Waals surface area contributed by atoms with Gasteiger partial charge in [-0.1, -0.05) is 6.07 Å². The molecule has 0 bridgehead atoms. The van der Waals surface area contributed by atoms with Crippen molar-refractivity contribution in [3.63, 3.8) is 0 Å². The normalized spacial score (nSPS) is 20.1. The van der Waals surface area contributed by atoms with E-state index >= 15 is 4.39 Å². The third-order valence-electron chi connectivity index (χ3n) is 6.12. The van der Waals surface area contributed by atoms with Gasteiger partial charge in [0.1, 0.15) is 11.9 Å². The number of hydroxylamine groups is 2. The standard InChI is InChI=1S/C24H27F3N6O5.2H2/c25-18-12-15(10-16-11-17(38-20(34)13-16)14-30-22(35)21(26)27)2-3-19(18)32-6-7-33(37-9-8-32)24(36)31-23-28-4-1-5-29-23;;/h1-5,12,16-17,21H,6-11,13-14H2,(H,30,35)(H,28,29,31,36);2*1H/t16?,17-;;/m1../s1. The van der Waals surface area contributed by atoms with Gasteiger partial charge in [0.15, 0.2) is 0 Å². The summed E-state index contributed by atoms with van der Waals surface area (Å²) in [6.07, 6.45) is -0.0372. The van der Waals surface area contributed by atoms with Crippen LogP contribution >= 0.6 is 0 Å². The van der Waals surface area contributed by atoms with Crippen LogP contribution in [0.15, 0.2) is 36.7 Å². The minimum atomic E-state index is -3.15. The average molecular weight is 541 g/mol.